The van der Waals surface area contributed by atoms with E-state index in [2.05, 4.69) is 0 Å². The fourth-order valence-corrected chi connectivity index (χ4v) is 6.71. The van der Waals surface area contributed by atoms with Crippen LogP contribution in [0.15, 0.2) is 24.3 Å². The van der Waals surface area contributed by atoms with Crippen molar-refractivity contribution >= 4 is 5.97 Å². The number of fused-ring (bicyclic) bond motifs is 4. The lowest BCUT2D eigenvalue weighted by Gasteiger charge is -2.47. The number of ether oxygens (including phenoxy) is 10. The van der Waals surface area contributed by atoms with Crippen LogP contribution in [0.1, 0.15) is 28.7 Å². The zero-order chi connectivity index (χ0) is 30.0. The molecule has 10 atom stereocenters. The number of hydrogen-bond acceptors (Lipinski definition) is 14. The van der Waals surface area contributed by atoms with E-state index < -0.39 is 67.0 Å². The van der Waals surface area contributed by atoms with Gasteiger partial charge in [-0.1, -0.05) is 0 Å². The number of carbonyl (C=O) groups is 1. The van der Waals surface area contributed by atoms with Gasteiger partial charge in [0.2, 0.25) is 12.5 Å². The van der Waals surface area contributed by atoms with E-state index >= 15 is 0 Å². The molecule has 3 saturated heterocycles. The Morgan fingerprint density at radius 3 is 2.23 bits per heavy atom. The van der Waals surface area contributed by atoms with Gasteiger partial charge in [-0.2, -0.15) is 0 Å². The molecule has 3 N–H and O–H groups in total. The van der Waals surface area contributed by atoms with E-state index in [-0.39, 0.29) is 37.3 Å². The molecule has 7 rings (SSSR count). The number of aliphatic hydroxyl groups excluding tert-OH is 2. The molecule has 2 aromatic rings. The minimum Gasteiger partial charge on any atom is -0.502 e. The summed E-state index contributed by atoms with van der Waals surface area (Å²) in [6.07, 6.45) is -6.64. The lowest BCUT2D eigenvalue weighted by Crippen LogP contribution is -2.63. The molecule has 0 radical (unpaired) electrons. The molecular weight excluding hydrogens is 572 g/mol. The Kier molecular flexibility index (Phi) is 7.24. The van der Waals surface area contributed by atoms with Crippen molar-refractivity contribution in [2.24, 2.45) is 11.8 Å². The minimum atomic E-state index is -1.49. The Hall–Kier alpha value is -3.37. The second-order valence-electron chi connectivity index (χ2n) is 10.9. The van der Waals surface area contributed by atoms with Gasteiger partial charge < -0.3 is 62.7 Å². The van der Waals surface area contributed by atoms with Crippen molar-refractivity contribution in [3.63, 3.8) is 0 Å². The molecule has 3 fully saturated rings. The van der Waals surface area contributed by atoms with Crippen LogP contribution in [0.2, 0.25) is 0 Å². The van der Waals surface area contributed by atoms with E-state index in [1.54, 1.807) is 24.3 Å². The Labute approximate surface area is 245 Å². The molecule has 0 amide bonds. The number of aliphatic hydroxyl groups is 2. The lowest BCUT2D eigenvalue weighted by molar-refractivity contribution is -0.404. The number of methoxy groups -OCH3 is 3. The van der Waals surface area contributed by atoms with E-state index in [1.165, 1.54) is 21.3 Å². The first-order valence-corrected chi connectivity index (χ1v) is 13.8. The fourth-order valence-electron chi connectivity index (χ4n) is 6.71. The maximum Gasteiger partial charge on any atom is 0.310 e. The standard InChI is InChI=1S/C29H32O14/c1-34-17-4-11(5-18(35-2)22(17)30)20-12-6-15-16(40-10-39-15)7-13(12)25(14-8-37-27(33)21(14)20)42-28-24(32)23(31)26-19(41-28)9-38-29(36-3)43-26/h4-7,14,19-21,23-26,28-32H,8-10H2,1-3H3/t14-,19?,20+,21-,23?,24?,25+,26?,28?,29?/m1/s1. The number of cyclic esters (lactones) is 1. The number of phenols is 1. The van der Waals surface area contributed by atoms with Crippen molar-refractivity contribution in [2.45, 2.75) is 49.2 Å². The summed E-state index contributed by atoms with van der Waals surface area (Å²) in [6.45, 7) is -0.918. The minimum absolute atomic E-state index is 0.0202. The Morgan fingerprint density at radius 1 is 0.860 bits per heavy atom. The van der Waals surface area contributed by atoms with Crippen molar-refractivity contribution in [1.29, 1.82) is 0 Å². The third kappa shape index (κ3) is 4.56. The predicted octanol–water partition coefficient (Wildman–Crippen LogP) is 0.923. The molecule has 2 aromatic carbocycles. The lowest BCUT2D eigenvalue weighted by atomic mass is 9.66. The van der Waals surface area contributed by atoms with Crippen LogP contribution in [0.4, 0.5) is 0 Å². The van der Waals surface area contributed by atoms with E-state index in [0.29, 0.717) is 28.2 Å². The van der Waals surface area contributed by atoms with Gasteiger partial charge in [-0.3, -0.25) is 4.79 Å². The van der Waals surface area contributed by atoms with E-state index in [1.807, 2.05) is 0 Å². The Bertz CT molecular complexity index is 1370. The largest absolute Gasteiger partial charge is 0.502 e. The van der Waals surface area contributed by atoms with Crippen LogP contribution in [0, 0.1) is 11.8 Å². The Balaban J connectivity index is 1.30. The summed E-state index contributed by atoms with van der Waals surface area (Å²) in [5.74, 6) is -1.14. The number of hydrogen-bond donors (Lipinski definition) is 3. The van der Waals surface area contributed by atoms with Gasteiger partial charge in [0.05, 0.1) is 39.5 Å². The molecule has 1 aliphatic carbocycles. The van der Waals surface area contributed by atoms with Gasteiger partial charge in [-0.15, -0.1) is 0 Å². The predicted molar refractivity (Wildman–Crippen MR) is 140 cm³/mol. The first-order valence-electron chi connectivity index (χ1n) is 13.8. The van der Waals surface area contributed by atoms with E-state index in [4.69, 9.17) is 47.4 Å². The summed E-state index contributed by atoms with van der Waals surface area (Å²) < 4.78 is 56.4. The van der Waals surface area contributed by atoms with Crippen LogP contribution in [-0.4, -0.2) is 99.8 Å². The van der Waals surface area contributed by atoms with Gasteiger partial charge in [-0.25, -0.2) is 0 Å². The maximum absolute atomic E-state index is 13.4. The normalized spacial score (nSPS) is 35.9. The topological polar surface area (TPSA) is 170 Å². The highest BCUT2D eigenvalue weighted by Crippen LogP contribution is 2.57. The highest BCUT2D eigenvalue weighted by Gasteiger charge is 2.56. The molecular formula is C29H32O14. The summed E-state index contributed by atoms with van der Waals surface area (Å²) in [7, 11) is 4.25. The number of esters is 1. The van der Waals surface area contributed by atoms with Crippen molar-refractivity contribution in [3.05, 3.63) is 41.0 Å². The van der Waals surface area contributed by atoms with Gasteiger partial charge in [0, 0.05) is 18.9 Å². The molecule has 4 heterocycles. The van der Waals surface area contributed by atoms with Crippen LogP contribution in [0.25, 0.3) is 0 Å². The van der Waals surface area contributed by atoms with Crippen molar-refractivity contribution < 1.29 is 67.5 Å². The van der Waals surface area contributed by atoms with Gasteiger partial charge in [0.25, 0.3) is 6.48 Å². The SMILES string of the molecule is COc1cc([C@H]2c3cc4c(cc3[C@H](OC3OC5COC(OC)OC5C(O)C3O)[C@@H]3COC(=O)[C@@H]23)OCO4)cc(OC)c1O. The third-order valence-corrected chi connectivity index (χ3v) is 8.76. The average Bonchev–Trinajstić information content (AvgIpc) is 3.65. The van der Waals surface area contributed by atoms with E-state index in [9.17, 15) is 20.1 Å². The summed E-state index contributed by atoms with van der Waals surface area (Å²) in [4.78, 5) is 13.4. The van der Waals surface area contributed by atoms with Gasteiger partial charge >= 0.3 is 5.97 Å². The van der Waals surface area contributed by atoms with E-state index in [0.717, 1.165) is 0 Å². The fraction of sp³-hybridized carbons (Fsp3) is 0.552. The van der Waals surface area contributed by atoms with Crippen molar-refractivity contribution in [1.82, 2.24) is 0 Å². The van der Waals surface area contributed by atoms with Gasteiger partial charge in [0.1, 0.15) is 24.4 Å². The molecule has 0 saturated carbocycles. The molecule has 0 spiro atoms. The summed E-state index contributed by atoms with van der Waals surface area (Å²) in [5.41, 5.74) is 1.97. The maximum atomic E-state index is 13.4. The third-order valence-electron chi connectivity index (χ3n) is 8.76. The molecule has 5 aliphatic rings. The van der Waals surface area contributed by atoms with Crippen LogP contribution in [0.3, 0.4) is 0 Å². The smallest absolute Gasteiger partial charge is 0.310 e. The molecule has 6 unspecified atom stereocenters. The number of rotatable bonds is 6. The molecule has 14 heteroatoms. The second kappa shape index (κ2) is 11.0. The first kappa shape index (κ1) is 28.4. The quantitative estimate of drug-likeness (QED) is 0.398. The summed E-state index contributed by atoms with van der Waals surface area (Å²) in [6, 6.07) is 6.89. The molecule has 0 aromatic heterocycles. The first-order chi connectivity index (χ1) is 20.8. The molecule has 4 aliphatic heterocycles. The van der Waals surface area contributed by atoms with Crippen molar-refractivity contribution in [2.75, 3.05) is 41.3 Å². The molecule has 0 bridgehead atoms. The van der Waals surface area contributed by atoms with Gasteiger partial charge in [0.15, 0.2) is 29.3 Å². The highest BCUT2D eigenvalue weighted by atomic mass is 16.9. The zero-order valence-corrected chi connectivity index (χ0v) is 23.5. The Morgan fingerprint density at radius 2 is 1.56 bits per heavy atom. The monoisotopic (exact) mass is 604 g/mol. The number of aromatic hydroxyl groups is 1. The van der Waals surface area contributed by atoms with Gasteiger partial charge in [-0.05, 0) is 41.0 Å². The molecule has 232 valence electrons. The average molecular weight is 605 g/mol. The second-order valence-corrected chi connectivity index (χ2v) is 10.9. The van der Waals surface area contributed by atoms with Crippen LogP contribution >= 0.6 is 0 Å². The molecule has 14 nitrogen and oxygen atoms in total. The van der Waals surface area contributed by atoms with Crippen molar-refractivity contribution in [3.8, 4) is 28.7 Å². The summed E-state index contributed by atoms with van der Waals surface area (Å²) in [5, 5.41) is 32.6. The van der Waals surface area contributed by atoms with Crippen LogP contribution < -0.4 is 18.9 Å². The molecule has 43 heavy (non-hydrogen) atoms. The zero-order valence-electron chi connectivity index (χ0n) is 23.5. The number of phenolic OH excluding ortho intramolecular Hbond substituents is 1. The van der Waals surface area contributed by atoms with Crippen LogP contribution in [0.5, 0.6) is 28.7 Å². The number of benzene rings is 2. The summed E-state index contributed by atoms with van der Waals surface area (Å²) >= 11 is 0. The van der Waals surface area contributed by atoms with Crippen LogP contribution in [-0.2, 0) is 33.2 Å². The highest BCUT2D eigenvalue weighted by molar-refractivity contribution is 5.79. The number of carbonyl (C=O) groups excluding carboxylic acids is 1.